The van der Waals surface area contributed by atoms with E-state index < -0.39 is 0 Å². The minimum atomic E-state index is -0.294. The number of amides is 2. The predicted octanol–water partition coefficient (Wildman–Crippen LogP) is 1.34. The molecule has 4 rings (SSSR count). The van der Waals surface area contributed by atoms with Gasteiger partial charge in [0.15, 0.2) is 5.13 Å². The summed E-state index contributed by atoms with van der Waals surface area (Å²) in [6, 6.07) is 5.64. The maximum Gasteiger partial charge on any atom is 0.271 e. The first-order valence-corrected chi connectivity index (χ1v) is 8.91. The third-order valence-electron chi connectivity index (χ3n) is 4.08. The average Bonchev–Trinajstić information content (AvgIpc) is 3.06. The number of ether oxygens (including phenoxy) is 1. The number of aromatic nitrogens is 1. The summed E-state index contributed by atoms with van der Waals surface area (Å²) in [5.74, 6) is -0.462. The molecule has 8 nitrogen and oxygen atoms in total. The highest BCUT2D eigenvalue weighted by atomic mass is 32.1. The predicted molar refractivity (Wildman–Crippen MR) is 96.1 cm³/mol. The lowest BCUT2D eigenvalue weighted by molar-refractivity contribution is -0.121. The van der Waals surface area contributed by atoms with Crippen molar-refractivity contribution in [1.82, 2.24) is 10.4 Å². The summed E-state index contributed by atoms with van der Waals surface area (Å²) in [6.45, 7) is 3.12. The molecule has 0 aliphatic carbocycles. The summed E-state index contributed by atoms with van der Waals surface area (Å²) in [5.41, 5.74) is 4.26. The zero-order valence-electron chi connectivity index (χ0n) is 13.4. The summed E-state index contributed by atoms with van der Waals surface area (Å²) in [7, 11) is 0. The average molecular weight is 359 g/mol. The lowest BCUT2D eigenvalue weighted by Crippen LogP contribution is -2.36. The molecule has 1 saturated heterocycles. The molecule has 2 amide bonds. The van der Waals surface area contributed by atoms with Gasteiger partial charge in [0.2, 0.25) is 5.91 Å². The van der Waals surface area contributed by atoms with Crippen molar-refractivity contribution in [3.63, 3.8) is 0 Å². The van der Waals surface area contributed by atoms with Gasteiger partial charge in [-0.25, -0.2) is 10.4 Å². The largest absolute Gasteiger partial charge is 0.378 e. The fourth-order valence-electron chi connectivity index (χ4n) is 2.72. The molecular formula is C16H17N5O3S. The second-order valence-electron chi connectivity index (χ2n) is 5.83. The molecule has 0 spiro atoms. The third kappa shape index (κ3) is 3.47. The van der Waals surface area contributed by atoms with Crippen molar-refractivity contribution in [2.24, 2.45) is 5.10 Å². The van der Waals surface area contributed by atoms with E-state index in [1.54, 1.807) is 11.3 Å². The Morgan fingerprint density at radius 2 is 2.12 bits per heavy atom. The number of carbonyl (C=O) groups is 2. The van der Waals surface area contributed by atoms with E-state index in [9.17, 15) is 9.59 Å². The van der Waals surface area contributed by atoms with Gasteiger partial charge in [0.25, 0.3) is 5.91 Å². The lowest BCUT2D eigenvalue weighted by Gasteiger charge is -2.25. The Morgan fingerprint density at radius 3 is 2.88 bits per heavy atom. The molecule has 3 heterocycles. The molecule has 130 valence electrons. The van der Waals surface area contributed by atoms with Gasteiger partial charge in [0.1, 0.15) is 5.71 Å². The number of nitrogens with one attached hydrogen (secondary N) is 2. The van der Waals surface area contributed by atoms with Gasteiger partial charge < -0.3 is 15.0 Å². The fourth-order valence-corrected chi connectivity index (χ4v) is 3.78. The molecule has 0 radical (unpaired) electrons. The lowest BCUT2D eigenvalue weighted by atomic mass is 10.1. The van der Waals surface area contributed by atoms with Gasteiger partial charge >= 0.3 is 0 Å². The molecular weight excluding hydrogens is 342 g/mol. The number of carbonyl (C=O) groups excluding carboxylic acids is 2. The molecule has 1 fully saturated rings. The van der Waals surface area contributed by atoms with E-state index in [4.69, 9.17) is 4.74 Å². The molecule has 2 aromatic rings. The van der Waals surface area contributed by atoms with Crippen LogP contribution in [0.1, 0.15) is 12.8 Å². The molecule has 2 N–H and O–H groups in total. The number of hydrogen-bond donors (Lipinski definition) is 2. The molecule has 0 unspecified atom stereocenters. The molecule has 0 atom stereocenters. The number of thiazole rings is 1. The summed E-state index contributed by atoms with van der Waals surface area (Å²) < 4.78 is 6.38. The topological polar surface area (TPSA) is 95.9 Å². The molecule has 1 aromatic heterocycles. The van der Waals surface area contributed by atoms with E-state index >= 15 is 0 Å². The van der Waals surface area contributed by atoms with Crippen LogP contribution >= 0.6 is 11.3 Å². The van der Waals surface area contributed by atoms with Crippen molar-refractivity contribution in [2.75, 3.05) is 36.5 Å². The van der Waals surface area contributed by atoms with E-state index in [0.717, 1.165) is 41.7 Å². The highest BCUT2D eigenvalue weighted by Crippen LogP contribution is 2.31. The Kier molecular flexibility index (Phi) is 4.33. The summed E-state index contributed by atoms with van der Waals surface area (Å²) in [4.78, 5) is 30.2. The Hall–Kier alpha value is -2.52. The number of rotatable bonds is 3. The standard InChI is InChI=1S/C16H17N5O3S/c22-14-4-3-12(19-20-14)15(23)17-10-1-2-11-13(9-10)25-16(18-11)21-5-7-24-8-6-21/h1-2,9H,3-8H2,(H,17,23)(H,20,22). The Bertz CT molecular complexity index is 857. The van der Waals surface area contributed by atoms with E-state index in [1.807, 2.05) is 18.2 Å². The summed E-state index contributed by atoms with van der Waals surface area (Å²) in [6.07, 6.45) is 0.630. The highest BCUT2D eigenvalue weighted by Gasteiger charge is 2.19. The van der Waals surface area contributed by atoms with Crippen molar-refractivity contribution >= 4 is 49.9 Å². The second-order valence-corrected chi connectivity index (χ2v) is 6.84. The smallest absolute Gasteiger partial charge is 0.271 e. The van der Waals surface area contributed by atoms with Crippen LogP contribution in [-0.2, 0) is 14.3 Å². The number of hydrogen-bond acceptors (Lipinski definition) is 7. The first kappa shape index (κ1) is 16.0. The van der Waals surface area contributed by atoms with Crippen LogP contribution in [0.4, 0.5) is 10.8 Å². The number of hydrazone groups is 1. The minimum absolute atomic E-state index is 0.168. The number of benzene rings is 1. The number of nitrogens with zero attached hydrogens (tertiary/aromatic N) is 3. The van der Waals surface area contributed by atoms with E-state index in [0.29, 0.717) is 17.8 Å². The van der Waals surface area contributed by atoms with Crippen LogP contribution in [0, 0.1) is 0 Å². The van der Waals surface area contributed by atoms with Crippen molar-refractivity contribution in [3.05, 3.63) is 18.2 Å². The third-order valence-corrected chi connectivity index (χ3v) is 5.16. The van der Waals surface area contributed by atoms with E-state index in [1.165, 1.54) is 0 Å². The Morgan fingerprint density at radius 1 is 1.28 bits per heavy atom. The first-order valence-electron chi connectivity index (χ1n) is 8.09. The van der Waals surface area contributed by atoms with E-state index in [2.05, 4.69) is 25.7 Å². The summed E-state index contributed by atoms with van der Waals surface area (Å²) >= 11 is 1.60. The van der Waals surface area contributed by atoms with Crippen LogP contribution in [0.2, 0.25) is 0 Å². The fraction of sp³-hybridized carbons (Fsp3) is 0.375. The highest BCUT2D eigenvalue weighted by molar-refractivity contribution is 7.22. The van der Waals surface area contributed by atoms with Crippen molar-refractivity contribution < 1.29 is 14.3 Å². The molecule has 25 heavy (non-hydrogen) atoms. The van der Waals surface area contributed by atoms with Gasteiger partial charge in [0, 0.05) is 31.6 Å². The van der Waals surface area contributed by atoms with Gasteiger partial charge in [-0.3, -0.25) is 9.59 Å². The number of anilines is 2. The van der Waals surface area contributed by atoms with Crippen LogP contribution in [0.15, 0.2) is 23.3 Å². The minimum Gasteiger partial charge on any atom is -0.378 e. The molecule has 0 bridgehead atoms. The Balaban J connectivity index is 1.50. The SMILES string of the molecule is O=C1CCC(C(=O)Nc2ccc3nc(N4CCOCC4)sc3c2)=NN1. The second kappa shape index (κ2) is 6.77. The van der Waals surface area contributed by atoms with Gasteiger partial charge in [0.05, 0.1) is 23.4 Å². The van der Waals surface area contributed by atoms with Crippen LogP contribution in [-0.4, -0.2) is 48.8 Å². The number of fused-ring (bicyclic) bond motifs is 1. The molecule has 2 aliphatic heterocycles. The Labute approximate surface area is 147 Å². The first-order chi connectivity index (χ1) is 12.2. The zero-order valence-corrected chi connectivity index (χ0v) is 14.3. The van der Waals surface area contributed by atoms with Crippen LogP contribution in [0.5, 0.6) is 0 Å². The molecule has 9 heteroatoms. The van der Waals surface area contributed by atoms with Gasteiger partial charge in [-0.15, -0.1) is 0 Å². The normalized spacial score (nSPS) is 18.0. The van der Waals surface area contributed by atoms with Crippen LogP contribution < -0.4 is 15.6 Å². The van der Waals surface area contributed by atoms with E-state index in [-0.39, 0.29) is 18.2 Å². The number of morpholine rings is 1. The quantitative estimate of drug-likeness (QED) is 0.862. The molecule has 1 aromatic carbocycles. The summed E-state index contributed by atoms with van der Waals surface area (Å²) in [5, 5.41) is 7.62. The molecule has 2 aliphatic rings. The van der Waals surface area contributed by atoms with Gasteiger partial charge in [-0.2, -0.15) is 5.10 Å². The van der Waals surface area contributed by atoms with Crippen molar-refractivity contribution in [2.45, 2.75) is 12.8 Å². The van der Waals surface area contributed by atoms with Crippen molar-refractivity contribution in [3.8, 4) is 0 Å². The van der Waals surface area contributed by atoms with Crippen LogP contribution in [0.3, 0.4) is 0 Å². The van der Waals surface area contributed by atoms with Gasteiger partial charge in [-0.1, -0.05) is 11.3 Å². The van der Waals surface area contributed by atoms with Crippen molar-refractivity contribution in [1.29, 1.82) is 0 Å². The maximum atomic E-state index is 12.2. The molecule has 0 saturated carbocycles. The van der Waals surface area contributed by atoms with Crippen LogP contribution in [0.25, 0.3) is 10.2 Å². The monoisotopic (exact) mass is 359 g/mol. The maximum absolute atomic E-state index is 12.2. The zero-order chi connectivity index (χ0) is 17.2. The van der Waals surface area contributed by atoms with Gasteiger partial charge in [-0.05, 0) is 18.2 Å².